The molecule has 12 heteroatoms. The SMILES string of the molecule is N#CC1(CNC(=O)c2cc3c(cn2)CN(C2=NOC(c4cc(Cl)cc(Cl)c4)(C(F)(F)F)C2)C3)CC1. The minimum atomic E-state index is -4.78. The summed E-state index contributed by atoms with van der Waals surface area (Å²) in [5.74, 6) is -0.284. The van der Waals surface area contributed by atoms with Crippen LogP contribution in [0, 0.1) is 16.7 Å². The van der Waals surface area contributed by atoms with Gasteiger partial charge in [-0.2, -0.15) is 18.4 Å². The number of rotatable bonds is 4. The molecule has 3 heterocycles. The van der Waals surface area contributed by atoms with Crippen LogP contribution in [0.4, 0.5) is 13.2 Å². The Labute approximate surface area is 208 Å². The summed E-state index contributed by atoms with van der Waals surface area (Å²) in [4.78, 5) is 23.4. The lowest BCUT2D eigenvalue weighted by Crippen LogP contribution is -2.43. The van der Waals surface area contributed by atoms with E-state index in [1.807, 2.05) is 0 Å². The van der Waals surface area contributed by atoms with Gasteiger partial charge in [-0.05, 0) is 48.2 Å². The summed E-state index contributed by atoms with van der Waals surface area (Å²) in [7, 11) is 0. The first kappa shape index (κ1) is 23.7. The second kappa shape index (κ2) is 8.28. The van der Waals surface area contributed by atoms with Crippen molar-refractivity contribution in [1.82, 2.24) is 15.2 Å². The molecule has 1 unspecified atom stereocenters. The van der Waals surface area contributed by atoms with Gasteiger partial charge in [-0.3, -0.25) is 9.78 Å². The number of aromatic nitrogens is 1. The van der Waals surface area contributed by atoms with E-state index in [0.717, 1.165) is 24.0 Å². The maximum atomic E-state index is 14.2. The largest absolute Gasteiger partial charge is 0.435 e. The molecule has 1 amide bonds. The third-order valence-corrected chi connectivity index (χ3v) is 7.02. The van der Waals surface area contributed by atoms with Gasteiger partial charge in [0.1, 0.15) is 11.5 Å². The van der Waals surface area contributed by atoms with Gasteiger partial charge < -0.3 is 15.1 Å². The number of alkyl halides is 3. The lowest BCUT2D eigenvalue weighted by molar-refractivity contribution is -0.275. The molecule has 7 nitrogen and oxygen atoms in total. The van der Waals surface area contributed by atoms with E-state index in [0.29, 0.717) is 0 Å². The van der Waals surface area contributed by atoms with Gasteiger partial charge in [0.25, 0.3) is 11.5 Å². The summed E-state index contributed by atoms with van der Waals surface area (Å²) in [6.45, 7) is 0.773. The number of halogens is 5. The summed E-state index contributed by atoms with van der Waals surface area (Å²) in [6, 6.07) is 7.51. The summed E-state index contributed by atoms with van der Waals surface area (Å²) in [6.07, 6.45) is -2.31. The Balaban J connectivity index is 1.32. The van der Waals surface area contributed by atoms with Gasteiger partial charge in [0.05, 0.1) is 17.9 Å². The van der Waals surface area contributed by atoms with E-state index in [9.17, 15) is 18.0 Å². The number of fused-ring (bicyclic) bond motifs is 1. The van der Waals surface area contributed by atoms with Gasteiger partial charge in [0, 0.05) is 41.4 Å². The van der Waals surface area contributed by atoms with Crippen LogP contribution in [-0.2, 0) is 23.5 Å². The highest BCUT2D eigenvalue weighted by molar-refractivity contribution is 6.34. The quantitative estimate of drug-likeness (QED) is 0.613. The van der Waals surface area contributed by atoms with Gasteiger partial charge in [-0.1, -0.05) is 28.4 Å². The first-order chi connectivity index (χ1) is 16.5. The fraction of sp³-hybridized carbons (Fsp3) is 0.391. The highest BCUT2D eigenvalue weighted by atomic mass is 35.5. The number of nitrogens with one attached hydrogen (secondary N) is 1. The standard InChI is InChI=1S/C23H18Cl2F3N5O2/c24-16-4-15(5-17(25)6-16)22(23(26,27)28)7-19(32-35-22)33-9-13-3-18(30-8-14(13)10-33)20(34)31-12-21(11-29)1-2-21/h3-6,8H,1-2,7,9-10,12H2,(H,31,34). The minimum absolute atomic E-state index is 0.0565. The zero-order valence-electron chi connectivity index (χ0n) is 18.1. The third-order valence-electron chi connectivity index (χ3n) is 6.58. The third kappa shape index (κ3) is 4.28. The van der Waals surface area contributed by atoms with E-state index < -0.39 is 29.5 Å². The van der Waals surface area contributed by atoms with Crippen molar-refractivity contribution in [2.75, 3.05) is 6.54 Å². The number of amidine groups is 1. The molecule has 182 valence electrons. The van der Waals surface area contributed by atoms with Crippen LogP contribution >= 0.6 is 23.2 Å². The van der Waals surface area contributed by atoms with Crippen molar-refractivity contribution < 1.29 is 22.8 Å². The molecule has 0 radical (unpaired) electrons. The van der Waals surface area contributed by atoms with Crippen LogP contribution in [0.1, 0.15) is 46.4 Å². The predicted octanol–water partition coefficient (Wildman–Crippen LogP) is 4.93. The Morgan fingerprint density at radius 3 is 2.49 bits per heavy atom. The molecule has 0 bridgehead atoms. The minimum Gasteiger partial charge on any atom is -0.372 e. The lowest BCUT2D eigenvalue weighted by Gasteiger charge is -2.30. The van der Waals surface area contributed by atoms with Crippen molar-refractivity contribution in [2.24, 2.45) is 10.6 Å². The van der Waals surface area contributed by atoms with Crippen LogP contribution in [0.5, 0.6) is 0 Å². The van der Waals surface area contributed by atoms with E-state index >= 15 is 0 Å². The molecule has 35 heavy (non-hydrogen) atoms. The molecule has 1 aliphatic carbocycles. The van der Waals surface area contributed by atoms with Crippen molar-refractivity contribution in [1.29, 1.82) is 5.26 Å². The summed E-state index contributed by atoms with van der Waals surface area (Å²) < 4.78 is 42.7. The molecular formula is C23H18Cl2F3N5O2. The number of nitriles is 1. The average molecular weight is 524 g/mol. The normalized spacial score (nSPS) is 22.2. The molecule has 0 saturated heterocycles. The zero-order chi connectivity index (χ0) is 25.0. The molecule has 1 N–H and O–H groups in total. The molecule has 1 aromatic carbocycles. The van der Waals surface area contributed by atoms with E-state index in [-0.39, 0.29) is 46.8 Å². The number of oxime groups is 1. The number of carbonyl (C=O) groups is 1. The van der Waals surface area contributed by atoms with E-state index in [2.05, 4.69) is 21.5 Å². The van der Waals surface area contributed by atoms with E-state index in [1.54, 1.807) is 11.0 Å². The van der Waals surface area contributed by atoms with Crippen molar-refractivity contribution in [3.05, 3.63) is 62.9 Å². The Bertz CT molecular complexity index is 1270. The van der Waals surface area contributed by atoms with Crippen molar-refractivity contribution in [3.8, 4) is 6.07 Å². The Morgan fingerprint density at radius 1 is 1.17 bits per heavy atom. The number of carbonyl (C=O) groups excluding carboxylic acids is 1. The number of nitrogens with zero attached hydrogens (tertiary/aromatic N) is 4. The fourth-order valence-corrected chi connectivity index (χ4v) is 4.78. The van der Waals surface area contributed by atoms with Crippen LogP contribution in [-0.4, -0.2) is 34.3 Å². The lowest BCUT2D eigenvalue weighted by atomic mass is 9.89. The van der Waals surface area contributed by atoms with Gasteiger partial charge in [0.15, 0.2) is 0 Å². The van der Waals surface area contributed by atoms with Crippen LogP contribution in [0.25, 0.3) is 0 Å². The Morgan fingerprint density at radius 2 is 1.86 bits per heavy atom. The van der Waals surface area contributed by atoms with E-state index in [4.69, 9.17) is 33.3 Å². The van der Waals surface area contributed by atoms with Gasteiger partial charge in [-0.15, -0.1) is 0 Å². The average Bonchev–Trinajstić information content (AvgIpc) is 3.23. The molecule has 1 aromatic heterocycles. The maximum Gasteiger partial charge on any atom is 0.435 e. The summed E-state index contributed by atoms with van der Waals surface area (Å²) in [5, 5.41) is 15.8. The maximum absolute atomic E-state index is 14.2. The fourth-order valence-electron chi connectivity index (χ4n) is 4.25. The molecule has 1 fully saturated rings. The van der Waals surface area contributed by atoms with E-state index in [1.165, 1.54) is 24.4 Å². The molecule has 1 atom stereocenters. The first-order valence-corrected chi connectivity index (χ1v) is 11.5. The molecule has 3 aliphatic rings. The predicted molar refractivity (Wildman–Crippen MR) is 120 cm³/mol. The summed E-state index contributed by atoms with van der Waals surface area (Å²) in [5.41, 5.74) is -1.72. The molecule has 5 rings (SSSR count). The second-order valence-electron chi connectivity index (χ2n) is 9.03. The van der Waals surface area contributed by atoms with Gasteiger partial charge >= 0.3 is 6.18 Å². The van der Waals surface area contributed by atoms with Gasteiger partial charge in [0.2, 0.25) is 0 Å². The smallest absolute Gasteiger partial charge is 0.372 e. The van der Waals surface area contributed by atoms with Crippen LogP contribution in [0.15, 0.2) is 35.6 Å². The molecule has 0 spiro atoms. The molecule has 2 aliphatic heterocycles. The molecular weight excluding hydrogens is 506 g/mol. The first-order valence-electron chi connectivity index (χ1n) is 10.7. The Kier molecular flexibility index (Phi) is 5.61. The zero-order valence-corrected chi connectivity index (χ0v) is 19.6. The number of hydrogen-bond acceptors (Lipinski definition) is 6. The molecule has 2 aromatic rings. The highest BCUT2D eigenvalue weighted by Crippen LogP contribution is 2.50. The number of amides is 1. The van der Waals surface area contributed by atoms with Crippen molar-refractivity contribution in [3.63, 3.8) is 0 Å². The Hall–Kier alpha value is -3.03. The highest BCUT2D eigenvalue weighted by Gasteiger charge is 2.63. The van der Waals surface area contributed by atoms with Crippen LogP contribution < -0.4 is 5.32 Å². The second-order valence-corrected chi connectivity index (χ2v) is 9.90. The van der Waals surface area contributed by atoms with Gasteiger partial charge in [-0.25, -0.2) is 0 Å². The topological polar surface area (TPSA) is 90.6 Å². The summed E-state index contributed by atoms with van der Waals surface area (Å²) >= 11 is 11.9. The van der Waals surface area contributed by atoms with Crippen LogP contribution in [0.2, 0.25) is 10.0 Å². The van der Waals surface area contributed by atoms with Crippen molar-refractivity contribution >= 4 is 34.9 Å². The van der Waals surface area contributed by atoms with Crippen LogP contribution in [0.3, 0.4) is 0 Å². The number of pyridine rings is 1. The number of benzene rings is 1. The monoisotopic (exact) mass is 523 g/mol. The van der Waals surface area contributed by atoms with Crippen molar-refractivity contribution in [2.45, 2.75) is 44.1 Å². The number of hydrogen-bond donors (Lipinski definition) is 1. The molecule has 1 saturated carbocycles.